The van der Waals surface area contributed by atoms with Crippen LogP contribution in [0.2, 0.25) is 0 Å². The summed E-state index contributed by atoms with van der Waals surface area (Å²) in [6.07, 6.45) is 1.26. The number of ether oxygens (including phenoxy) is 1. The molecule has 49 heavy (non-hydrogen) atoms. The van der Waals surface area contributed by atoms with E-state index in [9.17, 15) is 31.9 Å². The molecule has 3 aromatic heterocycles. The van der Waals surface area contributed by atoms with Gasteiger partial charge in [-0.1, -0.05) is 13.8 Å². The number of carbonyl (C=O) groups is 2. The lowest BCUT2D eigenvalue weighted by molar-refractivity contribution is -0.144. The van der Waals surface area contributed by atoms with Gasteiger partial charge >= 0.3 is 12.1 Å². The Morgan fingerprint density at radius 3 is 2.33 bits per heavy atom. The number of aryl methyl sites for hydroxylation is 2. The van der Waals surface area contributed by atoms with Gasteiger partial charge in [0.2, 0.25) is 5.91 Å². The molecule has 0 fully saturated rings. The monoisotopic (exact) mass is 685 g/mol. The molecule has 2 unspecified atom stereocenters. The van der Waals surface area contributed by atoms with Gasteiger partial charge in [-0.15, -0.1) is 0 Å². The number of benzene rings is 1. The van der Waals surface area contributed by atoms with Crippen LogP contribution >= 0.6 is 0 Å². The number of hydrogen-bond acceptors (Lipinski definition) is 6. The maximum atomic E-state index is 14.3. The first-order valence-electron chi connectivity index (χ1n) is 16.2. The molecule has 0 bridgehead atoms. The first kappa shape index (κ1) is 37.3. The molecule has 0 aliphatic heterocycles. The van der Waals surface area contributed by atoms with Crippen molar-refractivity contribution in [2.24, 2.45) is 5.92 Å². The van der Waals surface area contributed by atoms with E-state index in [4.69, 9.17) is 4.74 Å². The zero-order valence-electron chi connectivity index (χ0n) is 28.8. The van der Waals surface area contributed by atoms with Crippen molar-refractivity contribution in [2.75, 3.05) is 27.2 Å². The van der Waals surface area contributed by atoms with E-state index in [0.717, 1.165) is 16.3 Å². The highest BCUT2D eigenvalue weighted by molar-refractivity contribution is 5.84. The summed E-state index contributed by atoms with van der Waals surface area (Å²) in [6, 6.07) is 3.01. The summed E-state index contributed by atoms with van der Waals surface area (Å²) in [5.41, 5.74) is 1.67. The predicted molar refractivity (Wildman–Crippen MR) is 179 cm³/mol. The van der Waals surface area contributed by atoms with E-state index in [1.54, 1.807) is 68.8 Å². The van der Waals surface area contributed by atoms with Crippen LogP contribution < -0.4 is 10.9 Å². The number of nitrogens with zero attached hydrogens (tertiary/aromatic N) is 4. The molecular formula is C36H43F4N5O4. The van der Waals surface area contributed by atoms with Crippen molar-refractivity contribution in [3.8, 4) is 11.1 Å². The first-order valence-corrected chi connectivity index (χ1v) is 16.2. The van der Waals surface area contributed by atoms with Crippen LogP contribution in [-0.4, -0.2) is 58.0 Å². The Balaban J connectivity index is 1.84. The Bertz CT molecular complexity index is 1860. The molecule has 1 N–H and O–H groups in total. The summed E-state index contributed by atoms with van der Waals surface area (Å²) in [5.74, 6) is -1.75. The van der Waals surface area contributed by atoms with E-state index in [1.807, 2.05) is 13.8 Å². The maximum Gasteiger partial charge on any atom is 0.416 e. The summed E-state index contributed by atoms with van der Waals surface area (Å²) in [5, 5.41) is 2.92. The van der Waals surface area contributed by atoms with E-state index in [2.05, 4.69) is 10.3 Å². The highest BCUT2D eigenvalue weighted by Gasteiger charge is 2.36. The number of imidazole rings is 1. The second kappa shape index (κ2) is 15.4. The van der Waals surface area contributed by atoms with Crippen molar-refractivity contribution < 1.29 is 31.9 Å². The number of carbonyl (C=O) groups excluding carboxylic acids is 2. The molecule has 0 spiro atoms. The van der Waals surface area contributed by atoms with E-state index in [1.165, 1.54) is 12.1 Å². The standard InChI is InChI=1S/C36H43F4N5O4/c1-8-49-32(47)18-29(25-16-27(34-41-10-12-44(34)19-25)33-22(4)14-26(37)15-23(33)5)42-35(48)30(13-21(2)3)45-20-24(9-11-43(6)7)28(17-31(45)46)36(38,39)40/h10,12,14-17,19-21,29-30H,8-9,11,13,18H2,1-7H3,(H,42,48). The van der Waals surface area contributed by atoms with Gasteiger partial charge in [-0.05, 0) is 99.6 Å². The lowest BCUT2D eigenvalue weighted by Crippen LogP contribution is -2.40. The average molecular weight is 686 g/mol. The smallest absolute Gasteiger partial charge is 0.416 e. The van der Waals surface area contributed by atoms with E-state index >= 15 is 0 Å². The Hall–Kier alpha value is -4.52. The SMILES string of the molecule is CCOC(=O)CC(NC(=O)C(CC(C)C)n1cc(CCN(C)C)c(C(F)(F)F)cc1=O)c1cc(-c2c(C)cc(F)cc2C)c2nccn2c1. The van der Waals surface area contributed by atoms with Gasteiger partial charge in [0.05, 0.1) is 24.6 Å². The molecule has 13 heteroatoms. The lowest BCUT2D eigenvalue weighted by Gasteiger charge is -2.27. The van der Waals surface area contributed by atoms with Crippen LogP contribution in [0.1, 0.15) is 73.5 Å². The Morgan fingerprint density at radius 2 is 1.73 bits per heavy atom. The molecule has 264 valence electrons. The van der Waals surface area contributed by atoms with Crippen LogP contribution in [0.5, 0.6) is 0 Å². The number of esters is 1. The zero-order chi connectivity index (χ0) is 36.2. The van der Waals surface area contributed by atoms with Crippen LogP contribution in [0.15, 0.2) is 53.8 Å². The van der Waals surface area contributed by atoms with Crippen LogP contribution in [0, 0.1) is 25.6 Å². The van der Waals surface area contributed by atoms with Crippen molar-refractivity contribution in [1.29, 1.82) is 0 Å². The number of rotatable bonds is 13. The second-order valence-corrected chi connectivity index (χ2v) is 13.0. The number of fused-ring (bicyclic) bond motifs is 1. The van der Waals surface area contributed by atoms with Crippen molar-refractivity contribution in [3.05, 3.63) is 93.0 Å². The summed E-state index contributed by atoms with van der Waals surface area (Å²) in [4.78, 5) is 46.6. The molecule has 0 aliphatic carbocycles. The van der Waals surface area contributed by atoms with Crippen molar-refractivity contribution >= 4 is 17.5 Å². The average Bonchev–Trinajstić information content (AvgIpc) is 3.47. The molecule has 0 aliphatic rings. The Labute approximate surface area is 282 Å². The van der Waals surface area contributed by atoms with Gasteiger partial charge in [-0.2, -0.15) is 13.2 Å². The van der Waals surface area contributed by atoms with Gasteiger partial charge < -0.3 is 23.9 Å². The fraction of sp³-hybridized carbons (Fsp3) is 0.444. The number of aromatic nitrogens is 3. The Kier molecular flexibility index (Phi) is 11.7. The van der Waals surface area contributed by atoms with Gasteiger partial charge in [0, 0.05) is 43.0 Å². The molecule has 1 aromatic carbocycles. The third kappa shape index (κ3) is 8.94. The summed E-state index contributed by atoms with van der Waals surface area (Å²) < 4.78 is 64.3. The molecule has 0 saturated carbocycles. The topological polar surface area (TPSA) is 97.9 Å². The molecule has 0 saturated heterocycles. The summed E-state index contributed by atoms with van der Waals surface area (Å²) in [6.45, 7) is 9.28. The van der Waals surface area contributed by atoms with Gasteiger partial charge in [0.1, 0.15) is 17.5 Å². The second-order valence-electron chi connectivity index (χ2n) is 13.0. The molecule has 4 aromatic rings. The number of hydrogen-bond donors (Lipinski definition) is 1. The number of nitrogens with one attached hydrogen (secondary N) is 1. The highest BCUT2D eigenvalue weighted by atomic mass is 19.4. The van der Waals surface area contributed by atoms with E-state index < -0.39 is 41.3 Å². The molecule has 9 nitrogen and oxygen atoms in total. The molecule has 4 rings (SSSR count). The minimum absolute atomic E-state index is 0.000456. The van der Waals surface area contributed by atoms with Gasteiger partial charge in [-0.3, -0.25) is 14.4 Å². The largest absolute Gasteiger partial charge is 0.466 e. The predicted octanol–water partition coefficient (Wildman–Crippen LogP) is 6.44. The lowest BCUT2D eigenvalue weighted by atomic mass is 9.93. The number of pyridine rings is 2. The zero-order valence-corrected chi connectivity index (χ0v) is 28.8. The van der Waals surface area contributed by atoms with Gasteiger partial charge in [0.15, 0.2) is 0 Å². The minimum Gasteiger partial charge on any atom is -0.466 e. The van der Waals surface area contributed by atoms with Crippen LogP contribution in [-0.2, 0) is 26.9 Å². The van der Waals surface area contributed by atoms with Crippen molar-refractivity contribution in [3.63, 3.8) is 0 Å². The third-order valence-electron chi connectivity index (χ3n) is 8.30. The number of alkyl halides is 3. The van der Waals surface area contributed by atoms with Crippen molar-refractivity contribution in [2.45, 2.75) is 72.1 Å². The molecule has 3 heterocycles. The van der Waals surface area contributed by atoms with Crippen LogP contribution in [0.3, 0.4) is 0 Å². The fourth-order valence-electron chi connectivity index (χ4n) is 6.11. The van der Waals surface area contributed by atoms with E-state index in [0.29, 0.717) is 34.0 Å². The summed E-state index contributed by atoms with van der Waals surface area (Å²) >= 11 is 0. The van der Waals surface area contributed by atoms with Crippen LogP contribution in [0.25, 0.3) is 16.8 Å². The maximum absolute atomic E-state index is 14.3. The minimum atomic E-state index is -4.76. The van der Waals surface area contributed by atoms with Gasteiger partial charge in [0.25, 0.3) is 5.56 Å². The first-order chi connectivity index (χ1) is 23.0. The molecule has 2 atom stereocenters. The van der Waals surface area contributed by atoms with E-state index in [-0.39, 0.29) is 49.7 Å². The number of likely N-dealkylation sites (N-methyl/N-ethyl adjacent to an activating group) is 1. The molecule has 1 amide bonds. The summed E-state index contributed by atoms with van der Waals surface area (Å²) in [7, 11) is 3.46. The molecular weight excluding hydrogens is 642 g/mol. The van der Waals surface area contributed by atoms with Gasteiger partial charge in [-0.25, -0.2) is 9.37 Å². The third-order valence-corrected chi connectivity index (χ3v) is 8.30. The molecule has 0 radical (unpaired) electrons. The fourth-order valence-corrected chi connectivity index (χ4v) is 6.11. The number of amides is 1. The number of halogens is 4. The normalized spacial score (nSPS) is 13.2. The Morgan fingerprint density at radius 1 is 1.06 bits per heavy atom. The highest BCUT2D eigenvalue weighted by Crippen LogP contribution is 2.35. The van der Waals surface area contributed by atoms with Crippen LogP contribution in [0.4, 0.5) is 17.6 Å². The quantitative estimate of drug-likeness (QED) is 0.129. The van der Waals surface area contributed by atoms with Crippen molar-refractivity contribution in [1.82, 2.24) is 24.2 Å².